The lowest BCUT2D eigenvalue weighted by molar-refractivity contribution is 0.0755. The molecule has 2 heterocycles. The molecule has 0 saturated carbocycles. The second kappa shape index (κ2) is 10.9. The highest BCUT2D eigenvalue weighted by Gasteiger charge is 2.36. The van der Waals surface area contributed by atoms with E-state index in [-0.39, 0.29) is 22.5 Å². The minimum absolute atomic E-state index is 0.0564. The van der Waals surface area contributed by atoms with Crippen LogP contribution in [0.25, 0.3) is 0 Å². The van der Waals surface area contributed by atoms with E-state index in [9.17, 15) is 21.6 Å². The summed E-state index contributed by atoms with van der Waals surface area (Å²) in [6.45, 7) is 6.86. The van der Waals surface area contributed by atoms with E-state index in [1.165, 1.54) is 23.8 Å². The number of piperazine rings is 1. The Morgan fingerprint density at radius 2 is 1.73 bits per heavy atom. The summed E-state index contributed by atoms with van der Waals surface area (Å²) in [6, 6.07) is 4.37. The van der Waals surface area contributed by atoms with E-state index in [0.29, 0.717) is 64.3 Å². The number of amides is 1. The topological polar surface area (TPSA) is 104 Å². The fourth-order valence-corrected chi connectivity index (χ4v) is 7.47. The Bertz CT molecular complexity index is 1310. The fraction of sp³-hybridized carbons (Fsp3) is 0.577. The SMILES string of the molecule is CC(C)Oc1ccc(S(C)(=O)=O)cc1C(=O)N1CCC2=C(CC(S(=O)(=O)N3CCN(C)CC3)C=CC2)C1. The Labute approximate surface area is 220 Å². The standard InChI is InChI=1S/C26H37N3O6S2/c1-19(2)35-25-9-8-22(36(4,31)32)17-24(25)26(30)28-11-10-20-6-5-7-23(16-21(20)18-28)37(33,34)29-14-12-27(3)13-15-29/h5,7-9,17,19,23H,6,10-16,18H2,1-4H3. The molecule has 2 aliphatic heterocycles. The van der Waals surface area contributed by atoms with Crippen molar-refractivity contribution in [2.45, 2.75) is 49.4 Å². The van der Waals surface area contributed by atoms with Gasteiger partial charge in [0.2, 0.25) is 10.0 Å². The van der Waals surface area contributed by atoms with Gasteiger partial charge in [-0.1, -0.05) is 17.7 Å². The molecule has 37 heavy (non-hydrogen) atoms. The van der Waals surface area contributed by atoms with Crippen molar-refractivity contribution in [3.05, 3.63) is 47.1 Å². The van der Waals surface area contributed by atoms with Crippen molar-refractivity contribution >= 4 is 25.8 Å². The highest BCUT2D eigenvalue weighted by Crippen LogP contribution is 2.33. The summed E-state index contributed by atoms with van der Waals surface area (Å²) in [5.41, 5.74) is 2.35. The molecule has 9 nitrogen and oxygen atoms in total. The first kappa shape index (κ1) is 27.8. The molecular formula is C26H37N3O6S2. The molecule has 0 N–H and O–H groups in total. The van der Waals surface area contributed by atoms with Crippen LogP contribution in [-0.2, 0) is 19.9 Å². The predicted octanol–water partition coefficient (Wildman–Crippen LogP) is 2.32. The Morgan fingerprint density at radius 3 is 2.38 bits per heavy atom. The number of hydrogen-bond donors (Lipinski definition) is 0. The van der Waals surface area contributed by atoms with E-state index in [2.05, 4.69) is 4.90 Å². The van der Waals surface area contributed by atoms with Crippen LogP contribution in [0.3, 0.4) is 0 Å². The molecule has 1 fully saturated rings. The van der Waals surface area contributed by atoms with Crippen LogP contribution in [0, 0.1) is 0 Å². The minimum Gasteiger partial charge on any atom is -0.490 e. The van der Waals surface area contributed by atoms with Gasteiger partial charge in [-0.15, -0.1) is 0 Å². The number of benzene rings is 1. The zero-order chi connectivity index (χ0) is 27.0. The molecule has 0 spiro atoms. The summed E-state index contributed by atoms with van der Waals surface area (Å²) < 4.78 is 58.7. The van der Waals surface area contributed by atoms with E-state index in [1.54, 1.807) is 9.21 Å². The largest absolute Gasteiger partial charge is 0.490 e. The lowest BCUT2D eigenvalue weighted by atomic mass is 9.95. The molecule has 1 aliphatic carbocycles. The van der Waals surface area contributed by atoms with Crippen LogP contribution >= 0.6 is 0 Å². The molecule has 1 aromatic rings. The Kier molecular flexibility index (Phi) is 8.18. The van der Waals surface area contributed by atoms with E-state index >= 15 is 0 Å². The smallest absolute Gasteiger partial charge is 0.257 e. The zero-order valence-corrected chi connectivity index (χ0v) is 23.6. The molecule has 0 radical (unpaired) electrons. The van der Waals surface area contributed by atoms with Gasteiger partial charge in [0.25, 0.3) is 5.91 Å². The van der Waals surface area contributed by atoms with Crippen LogP contribution < -0.4 is 4.74 Å². The van der Waals surface area contributed by atoms with Gasteiger partial charge >= 0.3 is 0 Å². The number of likely N-dealkylation sites (N-methyl/N-ethyl adjacent to an activating group) is 1. The van der Waals surface area contributed by atoms with E-state index < -0.39 is 25.1 Å². The van der Waals surface area contributed by atoms with Gasteiger partial charge in [0.15, 0.2) is 9.84 Å². The Balaban J connectivity index is 1.57. The number of ether oxygens (including phenoxy) is 1. The molecule has 1 atom stereocenters. The van der Waals surface area contributed by atoms with Crippen LogP contribution in [-0.4, -0.2) is 101 Å². The van der Waals surface area contributed by atoms with Crippen molar-refractivity contribution < 1.29 is 26.4 Å². The lowest BCUT2D eigenvalue weighted by Gasteiger charge is -2.35. The summed E-state index contributed by atoms with van der Waals surface area (Å²) in [5, 5.41) is -0.660. The average molecular weight is 552 g/mol. The third-order valence-corrected chi connectivity index (χ3v) is 10.5. The van der Waals surface area contributed by atoms with Crippen molar-refractivity contribution in [1.82, 2.24) is 14.1 Å². The van der Waals surface area contributed by atoms with Gasteiger partial charge in [-0.2, -0.15) is 4.31 Å². The van der Waals surface area contributed by atoms with Crippen molar-refractivity contribution in [3.8, 4) is 5.75 Å². The van der Waals surface area contributed by atoms with Crippen molar-refractivity contribution in [2.75, 3.05) is 52.6 Å². The summed E-state index contributed by atoms with van der Waals surface area (Å²) >= 11 is 0. The second-order valence-electron chi connectivity index (χ2n) is 10.4. The van der Waals surface area contributed by atoms with Crippen LogP contribution in [0.4, 0.5) is 0 Å². The quantitative estimate of drug-likeness (QED) is 0.500. The molecule has 204 valence electrons. The highest BCUT2D eigenvalue weighted by molar-refractivity contribution is 7.90. The van der Waals surface area contributed by atoms with Crippen LogP contribution in [0.2, 0.25) is 0 Å². The van der Waals surface area contributed by atoms with Gasteiger partial charge in [-0.05, 0) is 63.9 Å². The minimum atomic E-state index is -3.52. The number of sulfonamides is 1. The summed E-state index contributed by atoms with van der Waals surface area (Å²) in [7, 11) is -5.04. The number of rotatable bonds is 6. The molecule has 4 rings (SSSR count). The van der Waals surface area contributed by atoms with Crippen LogP contribution in [0.1, 0.15) is 43.5 Å². The number of hydrogen-bond acceptors (Lipinski definition) is 7. The monoisotopic (exact) mass is 551 g/mol. The van der Waals surface area contributed by atoms with E-state index in [0.717, 1.165) is 11.8 Å². The predicted molar refractivity (Wildman–Crippen MR) is 143 cm³/mol. The van der Waals surface area contributed by atoms with Gasteiger partial charge in [-0.3, -0.25) is 4.79 Å². The molecular weight excluding hydrogens is 514 g/mol. The first-order chi connectivity index (χ1) is 17.4. The molecule has 1 amide bonds. The van der Waals surface area contributed by atoms with Gasteiger partial charge in [0.05, 0.1) is 21.8 Å². The van der Waals surface area contributed by atoms with Crippen molar-refractivity contribution in [3.63, 3.8) is 0 Å². The zero-order valence-electron chi connectivity index (χ0n) is 22.0. The van der Waals surface area contributed by atoms with Gasteiger partial charge in [-0.25, -0.2) is 16.8 Å². The van der Waals surface area contributed by atoms with Gasteiger partial charge < -0.3 is 14.5 Å². The molecule has 11 heteroatoms. The summed E-state index contributed by atoms with van der Waals surface area (Å²) in [6.07, 6.45) is 6.35. The molecule has 1 saturated heterocycles. The van der Waals surface area contributed by atoms with Crippen LogP contribution in [0.15, 0.2) is 46.4 Å². The number of nitrogens with zero attached hydrogens (tertiary/aromatic N) is 3. The maximum absolute atomic E-state index is 13.7. The molecule has 1 aromatic carbocycles. The number of carbonyl (C=O) groups excluding carboxylic acids is 1. The summed E-state index contributed by atoms with van der Waals surface area (Å²) in [4.78, 5) is 17.5. The number of carbonyl (C=O) groups is 1. The number of allylic oxidation sites excluding steroid dienone is 1. The Morgan fingerprint density at radius 1 is 1.03 bits per heavy atom. The average Bonchev–Trinajstić information content (AvgIpc) is 3.05. The highest BCUT2D eigenvalue weighted by atomic mass is 32.2. The van der Waals surface area contributed by atoms with Crippen LogP contribution in [0.5, 0.6) is 5.75 Å². The fourth-order valence-electron chi connectivity index (χ4n) is 5.04. The van der Waals surface area contributed by atoms with Crippen molar-refractivity contribution in [2.24, 2.45) is 0 Å². The molecule has 0 aromatic heterocycles. The number of sulfone groups is 1. The maximum atomic E-state index is 13.7. The van der Waals surface area contributed by atoms with Gasteiger partial charge in [0.1, 0.15) is 5.75 Å². The normalized spacial score (nSPS) is 22.2. The van der Waals surface area contributed by atoms with E-state index in [1.807, 2.05) is 33.0 Å². The maximum Gasteiger partial charge on any atom is 0.257 e. The molecule has 1 unspecified atom stereocenters. The first-order valence-corrected chi connectivity index (χ1v) is 16.1. The summed E-state index contributed by atoms with van der Waals surface area (Å²) in [5.74, 6) is 0.0219. The second-order valence-corrected chi connectivity index (χ2v) is 14.6. The molecule has 0 bridgehead atoms. The van der Waals surface area contributed by atoms with E-state index in [4.69, 9.17) is 4.74 Å². The third-order valence-electron chi connectivity index (χ3n) is 7.19. The van der Waals surface area contributed by atoms with Gasteiger partial charge in [0, 0.05) is 45.5 Å². The first-order valence-electron chi connectivity index (χ1n) is 12.7. The Hall–Kier alpha value is -2.21. The third kappa shape index (κ3) is 6.27. The lowest BCUT2D eigenvalue weighted by Crippen LogP contribution is -2.49. The van der Waals surface area contributed by atoms with Crippen molar-refractivity contribution in [1.29, 1.82) is 0 Å². The molecule has 3 aliphatic rings.